The summed E-state index contributed by atoms with van der Waals surface area (Å²) in [5.74, 6) is 1.73. The lowest BCUT2D eigenvalue weighted by molar-refractivity contribution is 0.668. The first kappa shape index (κ1) is 33.7. The monoisotopic (exact) mass is 809 g/mol. The maximum absolute atomic E-state index is 6.78. The van der Waals surface area contributed by atoms with Crippen LogP contribution in [0.3, 0.4) is 0 Å². The van der Waals surface area contributed by atoms with Crippen LogP contribution in [0.4, 0.5) is 0 Å². The van der Waals surface area contributed by atoms with E-state index in [1.54, 1.807) is 11.3 Å². The molecule has 0 fully saturated rings. The largest absolute Gasteiger partial charge is 0.456 e. The Morgan fingerprint density at radius 3 is 1.73 bits per heavy atom. The Kier molecular flexibility index (Phi) is 6.89. The first-order chi connectivity index (χ1) is 30.7. The Morgan fingerprint density at radius 2 is 0.968 bits per heavy atom. The van der Waals surface area contributed by atoms with Gasteiger partial charge in [-0.25, -0.2) is 4.98 Å². The minimum Gasteiger partial charge on any atom is -0.456 e. The van der Waals surface area contributed by atoms with E-state index in [2.05, 4.69) is 185 Å². The zero-order chi connectivity index (χ0) is 40.5. The Morgan fingerprint density at radius 1 is 0.387 bits per heavy atom. The highest BCUT2D eigenvalue weighted by Crippen LogP contribution is 2.43. The fourth-order valence-electron chi connectivity index (χ4n) is 9.85. The van der Waals surface area contributed by atoms with Gasteiger partial charge >= 0.3 is 0 Å². The number of hydrogen-bond acceptors (Lipinski definition) is 5. The van der Waals surface area contributed by atoms with Crippen LogP contribution in [0.5, 0.6) is 0 Å². The molecule has 14 aromatic rings. The zero-order valence-corrected chi connectivity index (χ0v) is 33.8. The summed E-state index contributed by atoms with van der Waals surface area (Å²) in [6.07, 6.45) is 0. The number of para-hydroxylation sites is 4. The quantitative estimate of drug-likeness (QED) is 0.178. The van der Waals surface area contributed by atoms with Gasteiger partial charge in [0, 0.05) is 69.7 Å². The Balaban J connectivity index is 1.12. The molecule has 0 atom stereocenters. The van der Waals surface area contributed by atoms with Crippen molar-refractivity contribution in [2.45, 2.75) is 0 Å². The predicted octanol–water partition coefficient (Wildman–Crippen LogP) is 14.8. The average molecular weight is 810 g/mol. The van der Waals surface area contributed by atoms with Crippen molar-refractivity contribution in [3.8, 4) is 34.4 Å². The molecule has 5 heterocycles. The molecule has 0 saturated carbocycles. The van der Waals surface area contributed by atoms with Gasteiger partial charge in [0.05, 0.1) is 27.8 Å². The van der Waals surface area contributed by atoms with Crippen molar-refractivity contribution in [3.05, 3.63) is 188 Å². The van der Waals surface area contributed by atoms with Gasteiger partial charge in [-0.15, -0.1) is 11.3 Å². The van der Waals surface area contributed by atoms with Gasteiger partial charge in [-0.3, -0.25) is 4.57 Å². The molecule has 9 aromatic carbocycles. The molecule has 0 amide bonds. The molecule has 0 bridgehead atoms. The summed E-state index contributed by atoms with van der Waals surface area (Å²) in [6, 6.07) is 66.6. The SMILES string of the molecule is c1ccc2cc3c(cc2c1)c1ccccc1n3-c1cc(-c2nc(-c3cccc4c3sc3ccccc34)nc(-n3c4ccccc4c4ccccc43)n2)c2c(c1)oc1ccccc12. The molecule has 0 aliphatic carbocycles. The third kappa shape index (κ3) is 4.76. The van der Waals surface area contributed by atoms with E-state index in [-0.39, 0.29) is 0 Å². The smallest absolute Gasteiger partial charge is 0.238 e. The highest BCUT2D eigenvalue weighted by molar-refractivity contribution is 7.26. The molecule has 7 heteroatoms. The lowest BCUT2D eigenvalue weighted by Crippen LogP contribution is -2.07. The van der Waals surface area contributed by atoms with Crippen LogP contribution in [-0.2, 0) is 0 Å². The molecule has 288 valence electrons. The summed E-state index contributed by atoms with van der Waals surface area (Å²) >= 11 is 1.78. The number of aromatic nitrogens is 5. The first-order valence-corrected chi connectivity index (χ1v) is 21.6. The maximum atomic E-state index is 6.78. The zero-order valence-electron chi connectivity index (χ0n) is 33.0. The predicted molar refractivity (Wildman–Crippen MR) is 257 cm³/mol. The minimum atomic E-state index is 0.551. The lowest BCUT2D eigenvalue weighted by Gasteiger charge is -2.14. The van der Waals surface area contributed by atoms with Gasteiger partial charge in [0.1, 0.15) is 11.2 Å². The molecule has 0 N–H and O–H groups in total. The van der Waals surface area contributed by atoms with Crippen molar-refractivity contribution >= 4 is 108 Å². The third-order valence-corrected chi connectivity index (χ3v) is 13.8. The average Bonchev–Trinajstić information content (AvgIpc) is 4.08. The van der Waals surface area contributed by atoms with Crippen molar-refractivity contribution in [2.24, 2.45) is 0 Å². The van der Waals surface area contributed by atoms with E-state index in [4.69, 9.17) is 19.4 Å². The molecule has 14 rings (SSSR count). The van der Waals surface area contributed by atoms with Crippen LogP contribution in [0.25, 0.3) is 131 Å². The number of hydrogen-bond donors (Lipinski definition) is 0. The number of rotatable bonds is 4. The Bertz CT molecular complexity index is 4130. The van der Waals surface area contributed by atoms with Crippen LogP contribution in [0.2, 0.25) is 0 Å². The number of thiophene rings is 1. The fraction of sp³-hybridized carbons (Fsp3) is 0. The summed E-state index contributed by atoms with van der Waals surface area (Å²) in [7, 11) is 0. The Hall–Kier alpha value is -8.13. The van der Waals surface area contributed by atoms with Crippen LogP contribution in [0, 0.1) is 0 Å². The van der Waals surface area contributed by atoms with Gasteiger partial charge in [0.15, 0.2) is 11.6 Å². The van der Waals surface area contributed by atoms with Crippen LogP contribution < -0.4 is 0 Å². The van der Waals surface area contributed by atoms with Crippen molar-refractivity contribution in [1.29, 1.82) is 0 Å². The van der Waals surface area contributed by atoms with Crippen LogP contribution in [-0.4, -0.2) is 24.1 Å². The molecular formula is C55H31N5OS. The highest BCUT2D eigenvalue weighted by atomic mass is 32.1. The van der Waals surface area contributed by atoms with E-state index >= 15 is 0 Å². The van der Waals surface area contributed by atoms with Gasteiger partial charge < -0.3 is 8.98 Å². The third-order valence-electron chi connectivity index (χ3n) is 12.6. The molecule has 6 nitrogen and oxygen atoms in total. The standard InChI is InChI=1S/C55H31N5OS/c1-2-15-33-29-47-42(28-32(33)14-1)37-18-5-8-23-44(37)59(47)34-30-43(51-40-20-6-11-26-48(40)61-49(51)31-34)54-56-53(41-22-13-21-39-38-19-7-12-27-50(38)62-52(39)41)57-55(58-54)60-45-24-9-3-16-35(45)36-17-4-10-25-46(36)60/h1-31H. The van der Waals surface area contributed by atoms with Gasteiger partial charge in [0.2, 0.25) is 5.95 Å². The summed E-state index contributed by atoms with van der Waals surface area (Å²) in [5, 5.41) is 11.4. The lowest BCUT2D eigenvalue weighted by atomic mass is 10.0. The summed E-state index contributed by atoms with van der Waals surface area (Å²) in [5.41, 5.74) is 8.64. The summed E-state index contributed by atoms with van der Waals surface area (Å²) in [4.78, 5) is 16.4. The van der Waals surface area contributed by atoms with E-state index in [1.807, 2.05) is 12.1 Å². The molecule has 0 unspecified atom stereocenters. The van der Waals surface area contributed by atoms with E-state index in [0.29, 0.717) is 17.6 Å². The van der Waals surface area contributed by atoms with Gasteiger partial charge in [-0.05, 0) is 65.4 Å². The van der Waals surface area contributed by atoms with E-state index in [0.717, 1.165) is 76.3 Å². The second-order valence-electron chi connectivity index (χ2n) is 16.0. The molecule has 0 radical (unpaired) electrons. The van der Waals surface area contributed by atoms with Crippen molar-refractivity contribution < 1.29 is 4.42 Å². The molecule has 0 aliphatic rings. The van der Waals surface area contributed by atoms with E-state index < -0.39 is 0 Å². The van der Waals surface area contributed by atoms with Crippen molar-refractivity contribution in [2.75, 3.05) is 0 Å². The highest BCUT2D eigenvalue weighted by Gasteiger charge is 2.24. The molecule has 0 spiro atoms. The molecule has 0 saturated heterocycles. The Labute approximate surface area is 357 Å². The topological polar surface area (TPSA) is 61.7 Å². The van der Waals surface area contributed by atoms with E-state index in [1.165, 1.54) is 37.0 Å². The first-order valence-electron chi connectivity index (χ1n) is 20.8. The molecular weight excluding hydrogens is 779 g/mol. The number of nitrogens with zero attached hydrogens (tertiary/aromatic N) is 5. The molecule has 5 aromatic heterocycles. The maximum Gasteiger partial charge on any atom is 0.238 e. The fourth-order valence-corrected chi connectivity index (χ4v) is 11.1. The number of benzene rings is 9. The van der Waals surface area contributed by atoms with Gasteiger partial charge in [-0.1, -0.05) is 127 Å². The van der Waals surface area contributed by atoms with Crippen LogP contribution in [0.1, 0.15) is 0 Å². The molecule has 0 aliphatic heterocycles. The second kappa shape index (κ2) is 12.7. The molecule has 62 heavy (non-hydrogen) atoms. The van der Waals surface area contributed by atoms with Gasteiger partial charge in [0.25, 0.3) is 0 Å². The summed E-state index contributed by atoms with van der Waals surface area (Å²) in [6.45, 7) is 0. The number of furan rings is 1. The van der Waals surface area contributed by atoms with Crippen LogP contribution in [0.15, 0.2) is 192 Å². The van der Waals surface area contributed by atoms with E-state index in [9.17, 15) is 0 Å². The minimum absolute atomic E-state index is 0.551. The van der Waals surface area contributed by atoms with Crippen molar-refractivity contribution in [1.82, 2.24) is 24.1 Å². The van der Waals surface area contributed by atoms with Crippen LogP contribution >= 0.6 is 11.3 Å². The second-order valence-corrected chi connectivity index (χ2v) is 17.0. The summed E-state index contributed by atoms with van der Waals surface area (Å²) < 4.78 is 13.7. The van der Waals surface area contributed by atoms with Gasteiger partial charge in [-0.2, -0.15) is 9.97 Å². The normalized spacial score (nSPS) is 12.2. The van der Waals surface area contributed by atoms with Crippen molar-refractivity contribution in [3.63, 3.8) is 0 Å². The number of fused-ring (bicyclic) bond motifs is 13.